The number of hydrogen-bond donors (Lipinski definition) is 0. The van der Waals surface area contributed by atoms with Crippen molar-refractivity contribution >= 4 is 84.6 Å². The summed E-state index contributed by atoms with van der Waals surface area (Å²) in [5, 5.41) is 10.7. The Kier molecular flexibility index (Phi) is 6.53. The van der Waals surface area contributed by atoms with Crippen LogP contribution in [0.4, 0.5) is 0 Å². The maximum absolute atomic E-state index is 2.49. The summed E-state index contributed by atoms with van der Waals surface area (Å²) in [6.45, 7) is 4.80. The second kappa shape index (κ2) is 11.5. The van der Waals surface area contributed by atoms with E-state index < -0.39 is 0 Å². The molecule has 0 saturated carbocycles. The third-order valence-corrected chi connectivity index (χ3v) is 14.6. The monoisotopic (exact) mass is 734 g/mol. The predicted octanol–water partition coefficient (Wildman–Crippen LogP) is 16.0. The molecule has 0 nitrogen and oxygen atoms in total. The van der Waals surface area contributed by atoms with Crippen LogP contribution >= 0.6 is 22.7 Å². The lowest BCUT2D eigenvalue weighted by atomic mass is 9.80. The highest BCUT2D eigenvalue weighted by Gasteiger charge is 2.36. The average Bonchev–Trinajstić information content (AvgIpc) is 3.87. The summed E-state index contributed by atoms with van der Waals surface area (Å²) in [5.74, 6) is 0. The fourth-order valence-corrected chi connectivity index (χ4v) is 12.1. The van der Waals surface area contributed by atoms with Gasteiger partial charge in [0.1, 0.15) is 0 Å². The van der Waals surface area contributed by atoms with Crippen LogP contribution in [0.2, 0.25) is 0 Å². The van der Waals surface area contributed by atoms with Gasteiger partial charge in [0.15, 0.2) is 0 Å². The van der Waals surface area contributed by atoms with Gasteiger partial charge >= 0.3 is 0 Å². The van der Waals surface area contributed by atoms with Crippen molar-refractivity contribution < 1.29 is 0 Å². The molecule has 2 heterocycles. The maximum atomic E-state index is 2.49. The largest absolute Gasteiger partial charge is 0.135 e. The Morgan fingerprint density at radius 1 is 0.345 bits per heavy atom. The van der Waals surface area contributed by atoms with Crippen molar-refractivity contribution in [3.8, 4) is 44.5 Å². The fraction of sp³-hybridized carbons (Fsp3) is 0.0566. The molecule has 9 aromatic carbocycles. The quantitative estimate of drug-likeness (QED) is 0.159. The van der Waals surface area contributed by atoms with E-state index in [0.29, 0.717) is 0 Å². The van der Waals surface area contributed by atoms with Gasteiger partial charge in [-0.05, 0) is 108 Å². The zero-order valence-corrected chi connectivity index (χ0v) is 32.1. The lowest BCUT2D eigenvalue weighted by molar-refractivity contribution is 0.660. The van der Waals surface area contributed by atoms with Crippen LogP contribution in [0.1, 0.15) is 25.0 Å². The van der Waals surface area contributed by atoms with Crippen LogP contribution < -0.4 is 0 Å². The molecule has 1 aliphatic rings. The van der Waals surface area contributed by atoms with Gasteiger partial charge in [-0.15, -0.1) is 22.7 Å². The molecule has 11 aromatic rings. The highest BCUT2D eigenvalue weighted by molar-refractivity contribution is 7.28. The normalized spacial score (nSPS) is 13.4. The van der Waals surface area contributed by atoms with E-state index in [0.717, 1.165) is 0 Å². The zero-order valence-electron chi connectivity index (χ0n) is 30.5. The van der Waals surface area contributed by atoms with Crippen LogP contribution in [-0.2, 0) is 5.41 Å². The Labute approximate surface area is 327 Å². The summed E-state index contributed by atoms with van der Waals surface area (Å²) in [6.07, 6.45) is 0. The first-order chi connectivity index (χ1) is 27.0. The van der Waals surface area contributed by atoms with E-state index in [-0.39, 0.29) is 5.41 Å². The molecule has 0 aliphatic heterocycles. The van der Waals surface area contributed by atoms with Gasteiger partial charge in [-0.3, -0.25) is 0 Å². The van der Waals surface area contributed by atoms with E-state index in [4.69, 9.17) is 0 Å². The Bertz CT molecular complexity index is 3340. The lowest BCUT2D eigenvalue weighted by Crippen LogP contribution is -2.15. The Balaban J connectivity index is 1.04. The van der Waals surface area contributed by atoms with Crippen LogP contribution in [0.25, 0.3) is 106 Å². The minimum atomic E-state index is -0.135. The Morgan fingerprint density at radius 2 is 0.927 bits per heavy atom. The van der Waals surface area contributed by atoms with Crippen molar-refractivity contribution in [3.05, 3.63) is 181 Å². The van der Waals surface area contributed by atoms with Crippen LogP contribution in [0.15, 0.2) is 170 Å². The third-order valence-electron chi connectivity index (χ3n) is 12.3. The van der Waals surface area contributed by atoms with Gasteiger partial charge in [0.2, 0.25) is 0 Å². The third kappa shape index (κ3) is 4.38. The lowest BCUT2D eigenvalue weighted by Gasteiger charge is -2.23. The van der Waals surface area contributed by atoms with Crippen molar-refractivity contribution in [2.24, 2.45) is 0 Å². The molecule has 0 saturated heterocycles. The smallest absolute Gasteiger partial charge is 0.0434 e. The van der Waals surface area contributed by atoms with Gasteiger partial charge in [-0.25, -0.2) is 0 Å². The van der Waals surface area contributed by atoms with Crippen molar-refractivity contribution in [1.82, 2.24) is 0 Å². The Hall–Kier alpha value is -6.06. The molecule has 0 N–H and O–H groups in total. The minimum Gasteiger partial charge on any atom is -0.135 e. The molecule has 0 fully saturated rings. The van der Waals surface area contributed by atoms with Gasteiger partial charge in [0.25, 0.3) is 0 Å². The molecular formula is C53H34S2. The Morgan fingerprint density at radius 3 is 1.65 bits per heavy atom. The molecule has 1 aliphatic carbocycles. The van der Waals surface area contributed by atoms with Gasteiger partial charge in [-0.2, -0.15) is 0 Å². The molecule has 0 atom stereocenters. The number of thiophene rings is 2. The van der Waals surface area contributed by atoms with Crippen LogP contribution in [-0.4, -0.2) is 0 Å². The summed E-state index contributed by atoms with van der Waals surface area (Å²) < 4.78 is 5.44. The van der Waals surface area contributed by atoms with Crippen molar-refractivity contribution in [3.63, 3.8) is 0 Å². The van der Waals surface area contributed by atoms with Crippen LogP contribution in [0.3, 0.4) is 0 Å². The standard InChI is InChI=1S/C53H34S2/c1-53(2)43-26-24-32(34-20-12-21-41-51-47(55-52(34)41)28-27-46-50(51)40-19-10-11-22-45(40)54-46)29-42(43)35-25-23-33(30-44(35)53)49-38-17-8-6-15-36(38)48(31-13-4-3-5-14-31)37-16-7-9-18-39(37)49/h3-30H,1-2H3. The first-order valence-electron chi connectivity index (χ1n) is 19.1. The second-order valence-corrected chi connectivity index (χ2v) is 17.7. The summed E-state index contributed by atoms with van der Waals surface area (Å²) in [4.78, 5) is 0. The van der Waals surface area contributed by atoms with E-state index in [1.54, 1.807) is 0 Å². The fourth-order valence-electron chi connectivity index (χ4n) is 9.76. The van der Waals surface area contributed by atoms with E-state index in [1.165, 1.54) is 118 Å². The maximum Gasteiger partial charge on any atom is 0.0434 e. The number of benzene rings is 9. The molecule has 0 radical (unpaired) electrons. The topological polar surface area (TPSA) is 0 Å². The highest BCUT2D eigenvalue weighted by atomic mass is 32.1. The second-order valence-electron chi connectivity index (χ2n) is 15.5. The van der Waals surface area contributed by atoms with Crippen LogP contribution in [0.5, 0.6) is 0 Å². The molecule has 2 heteroatoms. The molecule has 0 amide bonds. The van der Waals surface area contributed by atoms with Gasteiger partial charge in [-0.1, -0.05) is 153 Å². The summed E-state index contributed by atoms with van der Waals surface area (Å²) in [5.41, 5.74) is 13.1. The SMILES string of the molecule is CC1(C)c2ccc(-c3cccc4c3sc3ccc5sc6ccccc6c5c34)cc2-c2ccc(-c3c4ccccc4c(-c4ccccc4)c4ccccc34)cc21. The molecule has 55 heavy (non-hydrogen) atoms. The molecule has 0 unspecified atom stereocenters. The first-order valence-corrected chi connectivity index (χ1v) is 20.7. The molecule has 0 bridgehead atoms. The first kappa shape index (κ1) is 31.3. The number of rotatable bonds is 3. The van der Waals surface area contributed by atoms with Crippen molar-refractivity contribution in [2.45, 2.75) is 19.3 Å². The molecular weight excluding hydrogens is 701 g/mol. The zero-order chi connectivity index (χ0) is 36.4. The van der Waals surface area contributed by atoms with E-state index in [9.17, 15) is 0 Å². The van der Waals surface area contributed by atoms with E-state index in [1.807, 2.05) is 22.7 Å². The minimum absolute atomic E-state index is 0.135. The van der Waals surface area contributed by atoms with Gasteiger partial charge < -0.3 is 0 Å². The molecule has 12 rings (SSSR count). The average molecular weight is 735 g/mol. The van der Waals surface area contributed by atoms with E-state index in [2.05, 4.69) is 184 Å². The van der Waals surface area contributed by atoms with E-state index >= 15 is 0 Å². The molecule has 258 valence electrons. The summed E-state index contributed by atoms with van der Waals surface area (Å²) in [7, 11) is 0. The van der Waals surface area contributed by atoms with Crippen molar-refractivity contribution in [2.75, 3.05) is 0 Å². The highest BCUT2D eigenvalue weighted by Crippen LogP contribution is 2.53. The van der Waals surface area contributed by atoms with Gasteiger partial charge in [0.05, 0.1) is 0 Å². The molecule has 2 aromatic heterocycles. The summed E-state index contributed by atoms with van der Waals surface area (Å²) >= 11 is 3.83. The number of fused-ring (bicyclic) bond motifs is 12. The number of hydrogen-bond acceptors (Lipinski definition) is 2. The van der Waals surface area contributed by atoms with Crippen LogP contribution in [0, 0.1) is 0 Å². The predicted molar refractivity (Wildman–Crippen MR) is 241 cm³/mol. The van der Waals surface area contributed by atoms with Gasteiger partial charge in [0, 0.05) is 45.8 Å². The van der Waals surface area contributed by atoms with Crippen molar-refractivity contribution in [1.29, 1.82) is 0 Å². The molecule has 0 spiro atoms. The summed E-state index contributed by atoms with van der Waals surface area (Å²) in [6, 6.07) is 63.7.